The fourth-order valence-electron chi connectivity index (χ4n) is 3.46. The van der Waals surface area contributed by atoms with Gasteiger partial charge in [-0.2, -0.15) is 0 Å². The highest BCUT2D eigenvalue weighted by Crippen LogP contribution is 2.27. The van der Waals surface area contributed by atoms with Crippen LogP contribution in [0.5, 0.6) is 0 Å². The molecular formula is C23H28Cl3N3O4S. The van der Waals surface area contributed by atoms with Crippen molar-refractivity contribution in [3.8, 4) is 0 Å². The van der Waals surface area contributed by atoms with Crippen LogP contribution in [-0.2, 0) is 26.2 Å². The van der Waals surface area contributed by atoms with Crippen LogP contribution in [0.1, 0.15) is 30.9 Å². The Hall–Kier alpha value is -2.00. The molecule has 34 heavy (non-hydrogen) atoms. The van der Waals surface area contributed by atoms with Crippen LogP contribution in [0.15, 0.2) is 36.4 Å². The topological polar surface area (TPSA) is 86.8 Å². The minimum atomic E-state index is -3.61. The van der Waals surface area contributed by atoms with Crippen LogP contribution in [0.3, 0.4) is 0 Å². The summed E-state index contributed by atoms with van der Waals surface area (Å²) in [7, 11) is -2.11. The molecule has 0 spiro atoms. The molecule has 7 nitrogen and oxygen atoms in total. The Morgan fingerprint density at radius 2 is 1.74 bits per heavy atom. The van der Waals surface area contributed by atoms with Crippen molar-refractivity contribution in [1.29, 1.82) is 0 Å². The van der Waals surface area contributed by atoms with E-state index in [1.165, 1.54) is 16.3 Å². The normalized spacial score (nSPS) is 12.2. The van der Waals surface area contributed by atoms with Crippen LogP contribution in [-0.4, -0.2) is 51.0 Å². The summed E-state index contributed by atoms with van der Waals surface area (Å²) in [5, 5.41) is 3.70. The number of nitrogens with zero attached hydrogens (tertiary/aromatic N) is 2. The maximum atomic E-state index is 13.1. The van der Waals surface area contributed by atoms with Crippen molar-refractivity contribution >= 4 is 62.3 Å². The van der Waals surface area contributed by atoms with Crippen molar-refractivity contribution in [3.63, 3.8) is 0 Å². The minimum absolute atomic E-state index is 0.0360. The largest absolute Gasteiger partial charge is 0.357 e. The number of aryl methyl sites for hydroxylation is 1. The molecule has 0 heterocycles. The smallest absolute Gasteiger partial charge is 0.242 e. The van der Waals surface area contributed by atoms with E-state index in [-0.39, 0.29) is 37.7 Å². The van der Waals surface area contributed by atoms with Crippen molar-refractivity contribution in [2.75, 3.05) is 24.2 Å². The van der Waals surface area contributed by atoms with Crippen LogP contribution in [0.2, 0.25) is 15.1 Å². The summed E-state index contributed by atoms with van der Waals surface area (Å²) in [4.78, 5) is 26.9. The third-order valence-electron chi connectivity index (χ3n) is 5.34. The Kier molecular flexibility index (Phi) is 10.1. The van der Waals surface area contributed by atoms with Gasteiger partial charge in [-0.25, -0.2) is 8.42 Å². The number of rotatable bonds is 10. The van der Waals surface area contributed by atoms with E-state index in [0.717, 1.165) is 11.8 Å². The van der Waals surface area contributed by atoms with Crippen molar-refractivity contribution in [2.45, 2.75) is 39.3 Å². The first-order chi connectivity index (χ1) is 15.8. The zero-order valence-electron chi connectivity index (χ0n) is 19.4. The molecular weight excluding hydrogens is 521 g/mol. The summed E-state index contributed by atoms with van der Waals surface area (Å²) in [6, 6.07) is 9.28. The highest BCUT2D eigenvalue weighted by Gasteiger charge is 2.26. The monoisotopic (exact) mass is 547 g/mol. The average molecular weight is 549 g/mol. The number of sulfonamides is 1. The lowest BCUT2D eigenvalue weighted by atomic mass is 10.1. The van der Waals surface area contributed by atoms with E-state index in [9.17, 15) is 18.0 Å². The molecule has 2 rings (SSSR count). The lowest BCUT2D eigenvalue weighted by Crippen LogP contribution is -2.46. The molecule has 0 saturated carbocycles. The van der Waals surface area contributed by atoms with Crippen LogP contribution in [0, 0.1) is 6.92 Å². The number of carbonyl (C=O) groups excluding carboxylic acids is 2. The lowest BCUT2D eigenvalue weighted by Gasteiger charge is -2.29. The summed E-state index contributed by atoms with van der Waals surface area (Å²) in [5.41, 5.74) is 1.93. The predicted molar refractivity (Wildman–Crippen MR) is 138 cm³/mol. The van der Waals surface area contributed by atoms with Crippen molar-refractivity contribution in [3.05, 3.63) is 62.6 Å². The summed E-state index contributed by atoms with van der Waals surface area (Å²) in [6.07, 6.45) is 1.39. The highest BCUT2D eigenvalue weighted by molar-refractivity contribution is 7.92. The van der Waals surface area contributed by atoms with Gasteiger partial charge in [0.2, 0.25) is 21.8 Å². The fourth-order valence-corrected chi connectivity index (χ4v) is 4.96. The second kappa shape index (κ2) is 12.1. The zero-order valence-corrected chi connectivity index (χ0v) is 22.5. The summed E-state index contributed by atoms with van der Waals surface area (Å²) < 4.78 is 26.1. The molecule has 186 valence electrons. The number of amides is 2. The van der Waals surface area contributed by atoms with Crippen molar-refractivity contribution < 1.29 is 18.0 Å². The summed E-state index contributed by atoms with van der Waals surface area (Å²) in [5.74, 6) is -0.612. The first-order valence-corrected chi connectivity index (χ1v) is 13.5. The van der Waals surface area contributed by atoms with Gasteiger partial charge in [0.15, 0.2) is 0 Å². The highest BCUT2D eigenvalue weighted by atomic mass is 35.5. The molecule has 1 atom stereocenters. The van der Waals surface area contributed by atoms with E-state index in [1.807, 2.05) is 0 Å². The number of hydrogen-bond acceptors (Lipinski definition) is 4. The summed E-state index contributed by atoms with van der Waals surface area (Å²) in [6.45, 7) is 3.65. The fraction of sp³-hybridized carbons (Fsp3) is 0.391. The molecule has 11 heteroatoms. The van der Waals surface area contributed by atoms with Gasteiger partial charge in [-0.05, 0) is 55.7 Å². The number of anilines is 1. The van der Waals surface area contributed by atoms with Crippen LogP contribution in [0.4, 0.5) is 5.69 Å². The quantitative estimate of drug-likeness (QED) is 0.468. The molecule has 0 fully saturated rings. The molecule has 0 saturated heterocycles. The lowest BCUT2D eigenvalue weighted by molar-refractivity contribution is -0.140. The maximum absolute atomic E-state index is 13.1. The second-order valence-corrected chi connectivity index (χ2v) is 11.1. The summed E-state index contributed by atoms with van der Waals surface area (Å²) >= 11 is 18.2. The van der Waals surface area contributed by atoms with Crippen LogP contribution in [0.25, 0.3) is 0 Å². The second-order valence-electron chi connectivity index (χ2n) is 7.93. The van der Waals surface area contributed by atoms with Gasteiger partial charge < -0.3 is 10.2 Å². The van der Waals surface area contributed by atoms with Crippen molar-refractivity contribution in [2.24, 2.45) is 0 Å². The first kappa shape index (κ1) is 28.2. The molecule has 1 N–H and O–H groups in total. The molecule has 0 bridgehead atoms. The third kappa shape index (κ3) is 7.50. The molecule has 0 aliphatic rings. The Labute approximate surface area is 216 Å². The van der Waals surface area contributed by atoms with Gasteiger partial charge in [0.1, 0.15) is 6.04 Å². The molecule has 2 aromatic carbocycles. The van der Waals surface area contributed by atoms with E-state index >= 15 is 0 Å². The molecule has 2 amide bonds. The van der Waals surface area contributed by atoms with Gasteiger partial charge in [0.05, 0.1) is 22.0 Å². The first-order valence-electron chi connectivity index (χ1n) is 10.5. The Morgan fingerprint density at radius 3 is 2.32 bits per heavy atom. The zero-order chi connectivity index (χ0) is 25.6. The van der Waals surface area contributed by atoms with Gasteiger partial charge in [0.25, 0.3) is 0 Å². The Morgan fingerprint density at radius 1 is 1.06 bits per heavy atom. The van der Waals surface area contributed by atoms with Gasteiger partial charge >= 0.3 is 0 Å². The number of benzene rings is 2. The van der Waals surface area contributed by atoms with Gasteiger partial charge in [-0.1, -0.05) is 46.9 Å². The van der Waals surface area contributed by atoms with Gasteiger partial charge in [0, 0.05) is 31.6 Å². The molecule has 1 unspecified atom stereocenters. The number of likely N-dealkylation sites (N-methyl/N-ethyl adjacent to an activating group) is 1. The molecule has 0 aromatic heterocycles. The molecule has 0 aliphatic carbocycles. The van der Waals surface area contributed by atoms with Crippen molar-refractivity contribution in [1.82, 2.24) is 10.2 Å². The number of carbonyl (C=O) groups is 2. The van der Waals surface area contributed by atoms with E-state index in [1.54, 1.807) is 50.2 Å². The Balaban J connectivity index is 2.20. The van der Waals surface area contributed by atoms with Crippen LogP contribution < -0.4 is 9.62 Å². The molecule has 0 aliphatic heterocycles. The molecule has 0 radical (unpaired) electrons. The van der Waals surface area contributed by atoms with E-state index in [4.69, 9.17) is 34.8 Å². The molecule has 2 aromatic rings. The number of halogens is 3. The van der Waals surface area contributed by atoms with E-state index in [2.05, 4.69) is 5.32 Å². The Bertz CT molecular complexity index is 1160. The average Bonchev–Trinajstić information content (AvgIpc) is 2.77. The van der Waals surface area contributed by atoms with Gasteiger partial charge in [-0.3, -0.25) is 13.9 Å². The standard InChI is InChI=1S/C23H28Cl3N3O4S/c1-15-7-9-18(24)13-21(15)29(34(4,32)33)11-5-6-22(30)28(16(2)23(31)27-3)14-17-8-10-19(25)20(26)12-17/h7-10,12-13,16H,5-6,11,14H2,1-4H3,(H,27,31). The van der Waals surface area contributed by atoms with E-state index < -0.39 is 16.1 Å². The van der Waals surface area contributed by atoms with Crippen LogP contribution >= 0.6 is 34.8 Å². The minimum Gasteiger partial charge on any atom is -0.357 e. The number of nitrogens with one attached hydrogen (secondary N) is 1. The number of hydrogen-bond donors (Lipinski definition) is 1. The predicted octanol–water partition coefficient (Wildman–Crippen LogP) is 4.66. The maximum Gasteiger partial charge on any atom is 0.242 e. The SMILES string of the molecule is CNC(=O)C(C)N(Cc1ccc(Cl)c(Cl)c1)C(=O)CCCN(c1cc(Cl)ccc1C)S(C)(=O)=O. The van der Waals surface area contributed by atoms with E-state index in [0.29, 0.717) is 26.3 Å². The third-order valence-corrected chi connectivity index (χ3v) is 7.50. The van der Waals surface area contributed by atoms with Gasteiger partial charge in [-0.15, -0.1) is 0 Å².